The van der Waals surface area contributed by atoms with E-state index >= 15 is 0 Å². The summed E-state index contributed by atoms with van der Waals surface area (Å²) in [5, 5.41) is 0. The molecule has 1 aliphatic rings. The van der Waals surface area contributed by atoms with Gasteiger partial charge < -0.3 is 0 Å². The third kappa shape index (κ3) is 2.82. The minimum atomic E-state index is -0.861. The van der Waals surface area contributed by atoms with Crippen molar-refractivity contribution < 1.29 is 0 Å². The molecule has 0 aromatic heterocycles. The van der Waals surface area contributed by atoms with Crippen LogP contribution < -0.4 is 0 Å². The van der Waals surface area contributed by atoms with Crippen molar-refractivity contribution in [2.75, 3.05) is 0 Å². The third-order valence-corrected chi connectivity index (χ3v) is 8.55. The molecular weight excluding hydrogens is 364 g/mol. The van der Waals surface area contributed by atoms with Gasteiger partial charge in [0.1, 0.15) is 0 Å². The Morgan fingerprint density at radius 2 is 1.58 bits per heavy atom. The van der Waals surface area contributed by atoms with Gasteiger partial charge in [-0.2, -0.15) is 0 Å². The van der Waals surface area contributed by atoms with Gasteiger partial charge in [0, 0.05) is 8.07 Å². The lowest BCUT2D eigenvalue weighted by molar-refractivity contribution is 0.852. The zero-order valence-electron chi connectivity index (χ0n) is 7.76. The van der Waals surface area contributed by atoms with Crippen LogP contribution in [0.3, 0.4) is 0 Å². The van der Waals surface area contributed by atoms with Crippen LogP contribution in [0.2, 0.25) is 25.7 Å². The van der Waals surface area contributed by atoms with Gasteiger partial charge >= 0.3 is 0 Å². The fraction of sp³-hybridized carbons (Fsp3) is 1.00. The number of halogens is 3. The molecule has 0 aliphatic heterocycles. The predicted octanol–water partition coefficient (Wildman–Crippen LogP) is 4.74. The number of hydrogen-bond acceptors (Lipinski definition) is 0. The molecule has 12 heavy (non-hydrogen) atoms. The second kappa shape index (κ2) is 3.35. The summed E-state index contributed by atoms with van der Waals surface area (Å²) in [7, 11) is -0.861. The lowest BCUT2D eigenvalue weighted by atomic mass is 10.3. The molecule has 72 valence electrons. The van der Waals surface area contributed by atoms with Crippen molar-refractivity contribution in [3.63, 3.8) is 0 Å². The Morgan fingerprint density at radius 3 is 1.83 bits per heavy atom. The van der Waals surface area contributed by atoms with Crippen molar-refractivity contribution in [3.05, 3.63) is 0 Å². The quantitative estimate of drug-likeness (QED) is 0.491. The smallest absolute Gasteiger partial charge is 0.0828 e. The summed E-state index contributed by atoms with van der Waals surface area (Å²) < 4.78 is 0.521. The summed E-state index contributed by atoms with van der Waals surface area (Å²) in [4.78, 5) is 0. The first-order valence-electron chi connectivity index (χ1n) is 4.23. The minimum absolute atomic E-state index is 0.187. The van der Waals surface area contributed by atoms with Crippen LogP contribution in [0.1, 0.15) is 12.8 Å². The van der Waals surface area contributed by atoms with Gasteiger partial charge in [-0.1, -0.05) is 73.5 Å². The summed E-state index contributed by atoms with van der Waals surface area (Å²) in [6.45, 7) is 7.28. The van der Waals surface area contributed by atoms with Gasteiger partial charge in [0.15, 0.2) is 0 Å². The van der Waals surface area contributed by atoms with Gasteiger partial charge in [-0.25, -0.2) is 0 Å². The van der Waals surface area contributed by atoms with E-state index < -0.39 is 8.07 Å². The normalized spacial score (nSPS) is 33.5. The van der Waals surface area contributed by atoms with E-state index in [9.17, 15) is 0 Å². The molecule has 0 bridgehead atoms. The van der Waals surface area contributed by atoms with Gasteiger partial charge in [-0.05, 0) is 12.8 Å². The molecule has 0 nitrogen and oxygen atoms in total. The van der Waals surface area contributed by atoms with Crippen molar-refractivity contribution in [2.24, 2.45) is 0 Å². The molecular formula is C8H15Br3Si. The summed E-state index contributed by atoms with van der Waals surface area (Å²) in [5.74, 6) is 0. The molecule has 0 N–H and O–H groups in total. The third-order valence-electron chi connectivity index (χ3n) is 2.30. The number of alkyl halides is 3. The van der Waals surface area contributed by atoms with Crippen molar-refractivity contribution >= 4 is 55.9 Å². The molecule has 0 radical (unpaired) electrons. The molecule has 0 heterocycles. The topological polar surface area (TPSA) is 0 Å². The van der Waals surface area contributed by atoms with E-state index in [0.717, 1.165) is 0 Å². The summed E-state index contributed by atoms with van der Waals surface area (Å²) in [6, 6.07) is 1.40. The lowest BCUT2D eigenvalue weighted by Gasteiger charge is -2.18. The van der Waals surface area contributed by atoms with E-state index in [0.29, 0.717) is 4.32 Å². The van der Waals surface area contributed by atoms with Gasteiger partial charge in [-0.15, -0.1) is 0 Å². The molecule has 0 aromatic rings. The highest BCUT2D eigenvalue weighted by molar-refractivity contribution is 9.26. The maximum Gasteiger partial charge on any atom is 0.0972 e. The highest BCUT2D eigenvalue weighted by Gasteiger charge is 2.63. The maximum atomic E-state index is 3.79. The molecule has 1 rings (SSSR count). The molecule has 1 unspecified atom stereocenters. The Bertz CT molecular complexity index is 185. The SMILES string of the molecule is C[Si](C)(C)CCC1(Br)CC1(Br)Br. The van der Waals surface area contributed by atoms with E-state index in [-0.39, 0.29) is 3.23 Å². The molecule has 0 amide bonds. The average molecular weight is 379 g/mol. The minimum Gasteiger partial charge on any atom is -0.0828 e. The molecule has 1 fully saturated rings. The van der Waals surface area contributed by atoms with Crippen LogP contribution in [0, 0.1) is 0 Å². The van der Waals surface area contributed by atoms with E-state index in [1.54, 1.807) is 0 Å². The van der Waals surface area contributed by atoms with Crippen LogP contribution in [-0.2, 0) is 0 Å². The van der Waals surface area contributed by atoms with E-state index in [1.807, 2.05) is 0 Å². The zero-order valence-corrected chi connectivity index (χ0v) is 13.5. The van der Waals surface area contributed by atoms with Crippen LogP contribution >= 0.6 is 47.8 Å². The lowest BCUT2D eigenvalue weighted by Crippen LogP contribution is -2.22. The second-order valence-electron chi connectivity index (χ2n) is 4.91. The van der Waals surface area contributed by atoms with Crippen LogP contribution in [0.15, 0.2) is 0 Å². The average Bonchev–Trinajstić information content (AvgIpc) is 2.28. The van der Waals surface area contributed by atoms with E-state index in [1.165, 1.54) is 18.9 Å². The Labute approximate surface area is 101 Å². The molecule has 4 heteroatoms. The molecule has 0 aromatic carbocycles. The Kier molecular flexibility index (Phi) is 3.28. The fourth-order valence-corrected chi connectivity index (χ4v) is 5.42. The molecule has 1 aliphatic carbocycles. The largest absolute Gasteiger partial charge is 0.0972 e. The zero-order chi connectivity index (χ0) is 9.62. The van der Waals surface area contributed by atoms with Crippen molar-refractivity contribution in [1.82, 2.24) is 0 Å². The molecule has 1 saturated carbocycles. The van der Waals surface area contributed by atoms with Gasteiger partial charge in [-0.3, -0.25) is 0 Å². The standard InChI is InChI=1S/C8H15Br3Si/c1-12(2,3)5-4-7(9)6-8(7,10)11/h4-6H2,1-3H3. The van der Waals surface area contributed by atoms with E-state index in [2.05, 4.69) is 67.4 Å². The monoisotopic (exact) mass is 376 g/mol. The number of rotatable bonds is 3. The van der Waals surface area contributed by atoms with Crippen LogP contribution in [0.25, 0.3) is 0 Å². The maximum absolute atomic E-state index is 3.79. The Morgan fingerprint density at radius 1 is 1.17 bits per heavy atom. The fourth-order valence-electron chi connectivity index (χ4n) is 1.15. The van der Waals surface area contributed by atoms with Crippen molar-refractivity contribution in [2.45, 2.75) is 46.1 Å². The summed E-state index contributed by atoms with van der Waals surface area (Å²) in [5.41, 5.74) is 0. The first kappa shape index (κ1) is 11.7. The van der Waals surface area contributed by atoms with Gasteiger partial charge in [0.25, 0.3) is 0 Å². The number of hydrogen-bond donors (Lipinski definition) is 0. The van der Waals surface area contributed by atoms with Crippen LogP contribution in [0.5, 0.6) is 0 Å². The summed E-state index contributed by atoms with van der Waals surface area (Å²) >= 11 is 11.1. The van der Waals surface area contributed by atoms with Gasteiger partial charge in [0.2, 0.25) is 0 Å². The molecule has 0 saturated heterocycles. The van der Waals surface area contributed by atoms with Gasteiger partial charge in [0.05, 0.1) is 7.56 Å². The van der Waals surface area contributed by atoms with E-state index in [4.69, 9.17) is 0 Å². The molecule has 1 atom stereocenters. The van der Waals surface area contributed by atoms with Crippen molar-refractivity contribution in [1.29, 1.82) is 0 Å². The first-order chi connectivity index (χ1) is 5.16. The predicted molar refractivity (Wildman–Crippen MR) is 69.6 cm³/mol. The Hall–Kier alpha value is 1.66. The Balaban J connectivity index is 2.36. The van der Waals surface area contributed by atoms with Crippen LogP contribution in [0.4, 0.5) is 0 Å². The highest BCUT2D eigenvalue weighted by Crippen LogP contribution is 2.67. The molecule has 0 spiro atoms. The summed E-state index contributed by atoms with van der Waals surface area (Å²) in [6.07, 6.45) is 2.49. The van der Waals surface area contributed by atoms with Crippen LogP contribution in [-0.4, -0.2) is 15.6 Å². The highest BCUT2D eigenvalue weighted by atomic mass is 79.9. The first-order valence-corrected chi connectivity index (χ1v) is 10.3. The second-order valence-corrected chi connectivity index (χ2v) is 15.8. The van der Waals surface area contributed by atoms with Crippen molar-refractivity contribution in [3.8, 4) is 0 Å².